The Hall–Kier alpha value is -3.33. The van der Waals surface area contributed by atoms with E-state index in [1.54, 1.807) is 24.3 Å². The van der Waals surface area contributed by atoms with Crippen molar-refractivity contribution >= 4 is 17.2 Å². The molecule has 3 rings (SSSR count). The lowest BCUT2D eigenvalue weighted by Gasteiger charge is -2.06. The molecule has 0 bridgehead atoms. The molecule has 2 heterocycles. The largest absolute Gasteiger partial charge is 0.332 e. The standard InChI is InChI=1S/C17H15N5O/c1-12-20-15(16-4-2-3-9-22(12)16)11-19-17(23)21-14-7-5-13(10-18)6-8-14/h2-9H,11H2,1H3,(H2,19,21,23). The minimum atomic E-state index is -0.315. The van der Waals surface area contributed by atoms with Crippen molar-refractivity contribution in [2.45, 2.75) is 13.5 Å². The molecule has 0 radical (unpaired) electrons. The number of carbonyl (C=O) groups is 1. The van der Waals surface area contributed by atoms with Gasteiger partial charge in [0.25, 0.3) is 0 Å². The summed E-state index contributed by atoms with van der Waals surface area (Å²) in [6.45, 7) is 2.26. The van der Waals surface area contributed by atoms with E-state index >= 15 is 0 Å². The second-order valence-electron chi connectivity index (χ2n) is 5.06. The van der Waals surface area contributed by atoms with Crippen LogP contribution in [-0.2, 0) is 6.54 Å². The smallest absolute Gasteiger partial charge is 0.319 e. The molecule has 0 aliphatic carbocycles. The van der Waals surface area contributed by atoms with Gasteiger partial charge in [0, 0.05) is 11.9 Å². The van der Waals surface area contributed by atoms with E-state index in [9.17, 15) is 4.79 Å². The molecule has 2 aromatic heterocycles. The molecule has 6 nitrogen and oxygen atoms in total. The molecule has 0 fully saturated rings. The van der Waals surface area contributed by atoms with Crippen LogP contribution in [0.3, 0.4) is 0 Å². The average Bonchev–Trinajstić information content (AvgIpc) is 2.90. The number of benzene rings is 1. The Balaban J connectivity index is 1.65. The highest BCUT2D eigenvalue weighted by atomic mass is 16.2. The van der Waals surface area contributed by atoms with Crippen molar-refractivity contribution in [1.29, 1.82) is 5.26 Å². The number of imidazole rings is 1. The predicted molar refractivity (Wildman–Crippen MR) is 86.9 cm³/mol. The Kier molecular flexibility index (Phi) is 3.93. The van der Waals surface area contributed by atoms with Gasteiger partial charge in [0.15, 0.2) is 0 Å². The summed E-state index contributed by atoms with van der Waals surface area (Å²) in [5.74, 6) is 0.880. The number of rotatable bonds is 3. The minimum absolute atomic E-state index is 0.315. The van der Waals surface area contributed by atoms with Crippen molar-refractivity contribution < 1.29 is 4.79 Å². The highest BCUT2D eigenvalue weighted by Crippen LogP contribution is 2.12. The second kappa shape index (κ2) is 6.20. The second-order valence-corrected chi connectivity index (χ2v) is 5.06. The number of nitrogens with one attached hydrogen (secondary N) is 2. The molecular weight excluding hydrogens is 290 g/mol. The van der Waals surface area contributed by atoms with E-state index in [4.69, 9.17) is 5.26 Å². The maximum atomic E-state index is 12.0. The molecular formula is C17H15N5O. The summed E-state index contributed by atoms with van der Waals surface area (Å²) < 4.78 is 1.98. The van der Waals surface area contributed by atoms with Gasteiger partial charge in [-0.15, -0.1) is 0 Å². The van der Waals surface area contributed by atoms with Gasteiger partial charge in [-0.3, -0.25) is 0 Å². The van der Waals surface area contributed by atoms with E-state index < -0.39 is 0 Å². The van der Waals surface area contributed by atoms with Gasteiger partial charge in [-0.1, -0.05) is 6.07 Å². The van der Waals surface area contributed by atoms with Crippen LogP contribution in [0.1, 0.15) is 17.1 Å². The van der Waals surface area contributed by atoms with Crippen molar-refractivity contribution in [1.82, 2.24) is 14.7 Å². The third-order valence-corrected chi connectivity index (χ3v) is 3.49. The SMILES string of the molecule is Cc1nc(CNC(=O)Nc2ccc(C#N)cc2)c2ccccn12. The molecule has 2 N–H and O–H groups in total. The van der Waals surface area contributed by atoms with Crippen molar-refractivity contribution in [3.05, 3.63) is 65.7 Å². The number of carbonyl (C=O) groups excluding carboxylic acids is 1. The van der Waals surface area contributed by atoms with Gasteiger partial charge in [-0.05, 0) is 43.3 Å². The van der Waals surface area contributed by atoms with E-state index in [0.29, 0.717) is 17.8 Å². The summed E-state index contributed by atoms with van der Waals surface area (Å²) in [7, 11) is 0. The van der Waals surface area contributed by atoms with Crippen LogP contribution >= 0.6 is 0 Å². The van der Waals surface area contributed by atoms with Crippen molar-refractivity contribution in [3.8, 4) is 6.07 Å². The first kappa shape index (κ1) is 14.6. The van der Waals surface area contributed by atoms with E-state index in [-0.39, 0.29) is 6.03 Å². The van der Waals surface area contributed by atoms with Crippen LogP contribution in [-0.4, -0.2) is 15.4 Å². The normalized spacial score (nSPS) is 10.3. The fraction of sp³-hybridized carbons (Fsp3) is 0.118. The van der Waals surface area contributed by atoms with Crippen LogP contribution in [0.2, 0.25) is 0 Å². The zero-order chi connectivity index (χ0) is 16.2. The van der Waals surface area contributed by atoms with Crippen LogP contribution in [0.4, 0.5) is 10.5 Å². The summed E-state index contributed by atoms with van der Waals surface area (Å²) in [4.78, 5) is 16.4. The number of anilines is 1. The molecule has 0 saturated heterocycles. The number of nitrogens with zero attached hydrogens (tertiary/aromatic N) is 3. The Morgan fingerprint density at radius 3 is 2.78 bits per heavy atom. The summed E-state index contributed by atoms with van der Waals surface area (Å²) in [5.41, 5.74) is 2.98. The molecule has 0 aliphatic heterocycles. The first-order valence-corrected chi connectivity index (χ1v) is 7.15. The highest BCUT2D eigenvalue weighted by Gasteiger charge is 2.09. The van der Waals surface area contributed by atoms with Gasteiger partial charge in [0.1, 0.15) is 5.82 Å². The first-order valence-electron chi connectivity index (χ1n) is 7.15. The molecule has 0 spiro atoms. The Labute approximate surface area is 133 Å². The maximum Gasteiger partial charge on any atom is 0.319 e. The maximum absolute atomic E-state index is 12.0. The summed E-state index contributed by atoms with van der Waals surface area (Å²) >= 11 is 0. The monoisotopic (exact) mass is 305 g/mol. The number of urea groups is 1. The average molecular weight is 305 g/mol. The summed E-state index contributed by atoms with van der Waals surface area (Å²) in [6.07, 6.45) is 1.94. The van der Waals surface area contributed by atoms with Crippen molar-refractivity contribution in [2.24, 2.45) is 0 Å². The van der Waals surface area contributed by atoms with E-state index in [0.717, 1.165) is 17.0 Å². The van der Waals surface area contributed by atoms with Gasteiger partial charge < -0.3 is 15.0 Å². The van der Waals surface area contributed by atoms with Crippen LogP contribution < -0.4 is 10.6 Å². The summed E-state index contributed by atoms with van der Waals surface area (Å²) in [6, 6.07) is 14.3. The van der Waals surface area contributed by atoms with Crippen LogP contribution in [0, 0.1) is 18.3 Å². The number of fused-ring (bicyclic) bond motifs is 1. The number of hydrogen-bond donors (Lipinski definition) is 2. The Bertz CT molecular complexity index is 889. The van der Waals surface area contributed by atoms with Gasteiger partial charge in [0.2, 0.25) is 0 Å². The van der Waals surface area contributed by atoms with E-state index in [2.05, 4.69) is 15.6 Å². The zero-order valence-electron chi connectivity index (χ0n) is 12.6. The summed E-state index contributed by atoms with van der Waals surface area (Å²) in [5, 5.41) is 14.3. The molecule has 1 aromatic carbocycles. The number of pyridine rings is 1. The lowest BCUT2D eigenvalue weighted by Crippen LogP contribution is -2.28. The predicted octanol–water partition coefficient (Wildman–Crippen LogP) is 2.84. The van der Waals surface area contributed by atoms with E-state index in [1.807, 2.05) is 41.8 Å². The molecule has 0 unspecified atom stereocenters. The third kappa shape index (κ3) is 3.14. The minimum Gasteiger partial charge on any atom is -0.332 e. The first-order chi connectivity index (χ1) is 11.2. The molecule has 2 amide bonds. The lowest BCUT2D eigenvalue weighted by atomic mass is 10.2. The molecule has 0 atom stereocenters. The lowest BCUT2D eigenvalue weighted by molar-refractivity contribution is 0.251. The van der Waals surface area contributed by atoms with Crippen molar-refractivity contribution in [2.75, 3.05) is 5.32 Å². The molecule has 3 aromatic rings. The van der Waals surface area contributed by atoms with Crippen LogP contribution in [0.15, 0.2) is 48.7 Å². The van der Waals surface area contributed by atoms with Gasteiger partial charge in [0.05, 0.1) is 29.4 Å². The molecule has 0 saturated carbocycles. The molecule has 114 valence electrons. The van der Waals surface area contributed by atoms with Gasteiger partial charge >= 0.3 is 6.03 Å². The van der Waals surface area contributed by atoms with Gasteiger partial charge in [-0.25, -0.2) is 9.78 Å². The number of amides is 2. The quantitative estimate of drug-likeness (QED) is 0.780. The fourth-order valence-corrected chi connectivity index (χ4v) is 2.36. The van der Waals surface area contributed by atoms with Gasteiger partial charge in [-0.2, -0.15) is 5.26 Å². The molecule has 0 aliphatic rings. The number of hydrogen-bond acceptors (Lipinski definition) is 3. The topological polar surface area (TPSA) is 82.2 Å². The molecule has 23 heavy (non-hydrogen) atoms. The number of aryl methyl sites for hydroxylation is 1. The Morgan fingerprint density at radius 2 is 2.04 bits per heavy atom. The van der Waals surface area contributed by atoms with E-state index in [1.165, 1.54) is 0 Å². The number of nitriles is 1. The van der Waals surface area contributed by atoms with Crippen LogP contribution in [0.5, 0.6) is 0 Å². The highest BCUT2D eigenvalue weighted by molar-refractivity contribution is 5.89. The fourth-order valence-electron chi connectivity index (χ4n) is 2.36. The Morgan fingerprint density at radius 1 is 1.26 bits per heavy atom. The zero-order valence-corrected chi connectivity index (χ0v) is 12.6. The number of aromatic nitrogens is 2. The molecule has 6 heteroatoms. The van der Waals surface area contributed by atoms with Crippen molar-refractivity contribution in [3.63, 3.8) is 0 Å². The van der Waals surface area contributed by atoms with Crippen LogP contribution in [0.25, 0.3) is 5.52 Å². The third-order valence-electron chi connectivity index (χ3n) is 3.49.